The zero-order chi connectivity index (χ0) is 25.1. The molecular weight excluding hydrogens is 517 g/mol. The average molecular weight is 547 g/mol. The molecule has 0 unspecified atom stereocenters. The second kappa shape index (κ2) is 9.28. The molecule has 0 aromatic carbocycles. The molecule has 2 bridgehead atoms. The van der Waals surface area contributed by atoms with Gasteiger partial charge in [0, 0.05) is 58.9 Å². The Balaban J connectivity index is 1.29. The van der Waals surface area contributed by atoms with Gasteiger partial charge in [-0.2, -0.15) is 0 Å². The van der Waals surface area contributed by atoms with Crippen molar-refractivity contribution in [2.45, 2.75) is 18.9 Å². The lowest BCUT2D eigenvalue weighted by Gasteiger charge is -2.32. The molecule has 36 heavy (non-hydrogen) atoms. The topological polar surface area (TPSA) is 77.0 Å². The van der Waals surface area contributed by atoms with Crippen LogP contribution >= 0.6 is 34.5 Å². The Morgan fingerprint density at radius 3 is 2.67 bits per heavy atom. The number of nitrogens with zero attached hydrogens (tertiary/aromatic N) is 6. The number of likely N-dealkylation sites (N-methyl/N-ethyl adjacent to an activating group) is 1. The van der Waals surface area contributed by atoms with E-state index in [0.29, 0.717) is 16.6 Å². The molecule has 0 spiro atoms. The summed E-state index contributed by atoms with van der Waals surface area (Å²) in [7, 11) is 5.77. The summed E-state index contributed by atoms with van der Waals surface area (Å²) in [5.41, 5.74) is 3.21. The summed E-state index contributed by atoms with van der Waals surface area (Å²) >= 11 is 14.9. The van der Waals surface area contributed by atoms with Gasteiger partial charge >= 0.3 is 0 Å². The number of piperazine rings is 1. The van der Waals surface area contributed by atoms with Crippen LogP contribution in [0.4, 0.5) is 16.5 Å². The molecule has 6 rings (SSSR count). The SMILES string of the molecule is CN1CCN(c2nc(Cl)c(C3=Nc4c(ncc(Cl)c4N[C@H]4[C@@H](C(=O)N(C)C)[C@@H]5C=C[C@H]4C5)C3)s2)CC1. The molecule has 2 aliphatic carbocycles. The Morgan fingerprint density at radius 1 is 1.17 bits per heavy atom. The molecule has 190 valence electrons. The smallest absolute Gasteiger partial charge is 0.227 e. The molecule has 2 aromatic rings. The maximum absolute atomic E-state index is 13.0. The molecule has 2 aliphatic heterocycles. The Hall–Kier alpha value is -2.20. The highest BCUT2D eigenvalue weighted by Gasteiger charge is 2.49. The number of pyridine rings is 1. The fourth-order valence-electron chi connectivity index (χ4n) is 5.79. The van der Waals surface area contributed by atoms with Gasteiger partial charge in [-0.1, -0.05) is 46.7 Å². The molecule has 4 atom stereocenters. The van der Waals surface area contributed by atoms with E-state index in [1.54, 1.807) is 22.4 Å². The maximum atomic E-state index is 13.0. The Labute approximate surface area is 225 Å². The number of allylic oxidation sites excluding steroid dienone is 1. The minimum absolute atomic E-state index is 0.0334. The van der Waals surface area contributed by atoms with E-state index in [4.69, 9.17) is 28.2 Å². The van der Waals surface area contributed by atoms with E-state index >= 15 is 0 Å². The number of amides is 1. The van der Waals surface area contributed by atoms with Crippen molar-refractivity contribution in [3.8, 4) is 0 Å². The number of hydrogen-bond donors (Lipinski definition) is 1. The monoisotopic (exact) mass is 545 g/mol. The average Bonchev–Trinajstić information content (AvgIpc) is 3.63. The van der Waals surface area contributed by atoms with Gasteiger partial charge in [0.05, 0.1) is 32.9 Å². The van der Waals surface area contributed by atoms with Crippen LogP contribution in [0.15, 0.2) is 23.3 Å². The lowest BCUT2D eigenvalue weighted by atomic mass is 9.87. The minimum atomic E-state index is -0.123. The lowest BCUT2D eigenvalue weighted by Crippen LogP contribution is -2.44. The zero-order valence-electron chi connectivity index (χ0n) is 20.5. The van der Waals surface area contributed by atoms with E-state index in [9.17, 15) is 4.79 Å². The largest absolute Gasteiger partial charge is 0.378 e. The van der Waals surface area contributed by atoms with Crippen LogP contribution in [-0.2, 0) is 11.2 Å². The molecule has 0 radical (unpaired) electrons. The van der Waals surface area contributed by atoms with E-state index < -0.39 is 0 Å². The summed E-state index contributed by atoms with van der Waals surface area (Å²) in [5.74, 6) is 0.555. The minimum Gasteiger partial charge on any atom is -0.378 e. The zero-order valence-corrected chi connectivity index (χ0v) is 22.9. The molecule has 4 aliphatic rings. The van der Waals surface area contributed by atoms with E-state index in [-0.39, 0.29) is 29.7 Å². The molecule has 1 N–H and O–H groups in total. The molecule has 1 amide bonds. The van der Waals surface area contributed by atoms with Crippen LogP contribution in [-0.4, -0.2) is 84.8 Å². The number of carbonyl (C=O) groups excluding carboxylic acids is 1. The van der Waals surface area contributed by atoms with Gasteiger partial charge in [0.15, 0.2) is 10.3 Å². The standard InChI is InChI=1S/C25H29Cl2N7OS/c1-32(2)24(35)18-13-4-5-14(10-13)19(18)30-20-15(26)12-28-16-11-17(29-21(16)20)22-23(27)31-25(36-22)34-8-6-33(3)7-9-34/h4-5,12-14,18-19H,6-11H2,1-3H3,(H,28,30)/t13-,14+,18+,19-/m1/s1. The first-order valence-electron chi connectivity index (χ1n) is 12.3. The van der Waals surface area contributed by atoms with Crippen molar-refractivity contribution in [1.29, 1.82) is 0 Å². The number of aliphatic imine (C=N–C) groups is 1. The highest BCUT2D eigenvalue weighted by atomic mass is 35.5. The van der Waals surface area contributed by atoms with Crippen LogP contribution in [0.1, 0.15) is 17.0 Å². The molecule has 1 saturated carbocycles. The van der Waals surface area contributed by atoms with Crippen molar-refractivity contribution in [2.24, 2.45) is 22.7 Å². The number of nitrogens with one attached hydrogen (secondary N) is 1. The number of fused-ring (bicyclic) bond motifs is 3. The van der Waals surface area contributed by atoms with Crippen molar-refractivity contribution < 1.29 is 4.79 Å². The quantitative estimate of drug-likeness (QED) is 0.573. The van der Waals surface area contributed by atoms with Crippen molar-refractivity contribution in [1.82, 2.24) is 19.8 Å². The van der Waals surface area contributed by atoms with Crippen LogP contribution in [0.3, 0.4) is 0 Å². The molecule has 8 nitrogen and oxygen atoms in total. The van der Waals surface area contributed by atoms with E-state index in [1.165, 1.54) is 0 Å². The van der Waals surface area contributed by atoms with Crippen LogP contribution in [0.25, 0.3) is 0 Å². The summed E-state index contributed by atoms with van der Waals surface area (Å²) in [6.45, 7) is 3.88. The van der Waals surface area contributed by atoms with Gasteiger partial charge in [-0.15, -0.1) is 0 Å². The molecular formula is C25H29Cl2N7OS. The van der Waals surface area contributed by atoms with Crippen molar-refractivity contribution >= 4 is 62.7 Å². The number of rotatable bonds is 5. The number of anilines is 2. The summed E-state index contributed by atoms with van der Waals surface area (Å²) in [6, 6.07) is -0.0334. The lowest BCUT2D eigenvalue weighted by molar-refractivity contribution is -0.133. The fourth-order valence-corrected chi connectivity index (χ4v) is 7.34. The maximum Gasteiger partial charge on any atom is 0.227 e. The number of thiazole rings is 1. The van der Waals surface area contributed by atoms with Gasteiger partial charge in [0.2, 0.25) is 5.91 Å². The van der Waals surface area contributed by atoms with Crippen LogP contribution in [0.2, 0.25) is 10.2 Å². The normalized spacial score (nSPS) is 26.9. The van der Waals surface area contributed by atoms with Crippen molar-refractivity contribution in [3.05, 3.63) is 39.1 Å². The van der Waals surface area contributed by atoms with Gasteiger partial charge in [0.25, 0.3) is 0 Å². The van der Waals surface area contributed by atoms with Crippen LogP contribution < -0.4 is 10.2 Å². The third-order valence-electron chi connectivity index (χ3n) is 7.77. The first kappa shape index (κ1) is 24.2. The first-order valence-corrected chi connectivity index (χ1v) is 13.9. The summed E-state index contributed by atoms with van der Waals surface area (Å²) < 4.78 is 0. The molecule has 11 heteroatoms. The summed E-state index contributed by atoms with van der Waals surface area (Å²) in [6.07, 6.45) is 7.64. The van der Waals surface area contributed by atoms with Gasteiger partial charge in [-0.25, -0.2) is 9.98 Å². The van der Waals surface area contributed by atoms with E-state index in [0.717, 1.165) is 65.4 Å². The van der Waals surface area contributed by atoms with Crippen molar-refractivity contribution in [3.63, 3.8) is 0 Å². The summed E-state index contributed by atoms with van der Waals surface area (Å²) in [4.78, 5) is 34.4. The Bertz CT molecular complexity index is 1270. The van der Waals surface area contributed by atoms with E-state index in [2.05, 4.69) is 44.3 Å². The number of aromatic nitrogens is 2. The van der Waals surface area contributed by atoms with Gasteiger partial charge in [-0.05, 0) is 25.3 Å². The summed E-state index contributed by atoms with van der Waals surface area (Å²) in [5, 5.41) is 5.57. The van der Waals surface area contributed by atoms with Crippen LogP contribution in [0, 0.1) is 17.8 Å². The van der Waals surface area contributed by atoms with Gasteiger partial charge < -0.3 is 20.0 Å². The van der Waals surface area contributed by atoms with Gasteiger partial charge in [-0.3, -0.25) is 9.78 Å². The molecule has 2 fully saturated rings. The number of hydrogen-bond acceptors (Lipinski definition) is 8. The number of carbonyl (C=O) groups is 1. The van der Waals surface area contributed by atoms with Gasteiger partial charge in [0.1, 0.15) is 5.69 Å². The highest BCUT2D eigenvalue weighted by molar-refractivity contribution is 7.18. The fraction of sp³-hybridized carbons (Fsp3) is 0.520. The molecule has 1 saturated heterocycles. The molecule has 4 heterocycles. The Kier molecular flexibility index (Phi) is 6.22. The first-order chi connectivity index (χ1) is 17.3. The van der Waals surface area contributed by atoms with Crippen LogP contribution in [0.5, 0.6) is 0 Å². The number of halogens is 2. The third kappa shape index (κ3) is 4.10. The second-order valence-electron chi connectivity index (χ2n) is 10.3. The third-order valence-corrected chi connectivity index (χ3v) is 9.61. The Morgan fingerprint density at radius 2 is 1.92 bits per heavy atom. The predicted octanol–water partition coefficient (Wildman–Crippen LogP) is 3.96. The van der Waals surface area contributed by atoms with Crippen molar-refractivity contribution in [2.75, 3.05) is 57.5 Å². The molecule has 2 aromatic heterocycles. The second-order valence-corrected chi connectivity index (χ2v) is 12.0. The van der Waals surface area contributed by atoms with E-state index in [1.807, 2.05) is 14.1 Å². The highest BCUT2D eigenvalue weighted by Crippen LogP contribution is 2.48. The predicted molar refractivity (Wildman–Crippen MR) is 146 cm³/mol.